The molecule has 2 fully saturated rings. The summed E-state index contributed by atoms with van der Waals surface area (Å²) in [5.74, 6) is 0.248. The molecular weight excluding hydrogens is 176 g/mol. The molecule has 1 heterocycles. The predicted octanol–water partition coefficient (Wildman–Crippen LogP) is 1.45. The van der Waals surface area contributed by atoms with Gasteiger partial charge in [0.1, 0.15) is 0 Å². The molecule has 1 aliphatic heterocycles. The van der Waals surface area contributed by atoms with Crippen molar-refractivity contribution in [3.63, 3.8) is 0 Å². The molecule has 0 amide bonds. The number of nitrogens with one attached hydrogen (secondary N) is 1. The van der Waals surface area contributed by atoms with Crippen molar-refractivity contribution in [2.24, 2.45) is 5.92 Å². The number of ether oxygens (including phenoxy) is 1. The van der Waals surface area contributed by atoms with E-state index >= 15 is 0 Å². The predicted molar refractivity (Wildman–Crippen MR) is 53.7 cm³/mol. The Morgan fingerprint density at radius 1 is 1.14 bits per heavy atom. The molecule has 0 radical (unpaired) electrons. The van der Waals surface area contributed by atoms with Crippen molar-refractivity contribution >= 4 is 0 Å². The van der Waals surface area contributed by atoms with E-state index in [4.69, 9.17) is 10.00 Å². The van der Waals surface area contributed by atoms with E-state index in [-0.39, 0.29) is 5.92 Å². The molecule has 1 saturated carbocycles. The van der Waals surface area contributed by atoms with Gasteiger partial charge in [0.05, 0.1) is 12.0 Å². The first-order valence-electron chi connectivity index (χ1n) is 5.63. The summed E-state index contributed by atoms with van der Waals surface area (Å²) in [6, 6.07) is 3.44. The third-order valence-electron chi connectivity index (χ3n) is 3.35. The molecule has 2 rings (SSSR count). The molecule has 1 saturated heterocycles. The van der Waals surface area contributed by atoms with Gasteiger partial charge in [-0.1, -0.05) is 6.42 Å². The van der Waals surface area contributed by atoms with Crippen molar-refractivity contribution in [1.29, 1.82) is 5.26 Å². The number of hydrogen-bond donors (Lipinski definition) is 1. The Hall–Kier alpha value is -0.590. The van der Waals surface area contributed by atoms with E-state index in [0.717, 1.165) is 32.5 Å². The minimum atomic E-state index is 0.248. The van der Waals surface area contributed by atoms with Crippen LogP contribution in [0.5, 0.6) is 0 Å². The van der Waals surface area contributed by atoms with Crippen molar-refractivity contribution in [3.05, 3.63) is 0 Å². The maximum Gasteiger partial charge on any atom is 0.0672 e. The van der Waals surface area contributed by atoms with Crippen LogP contribution in [0.4, 0.5) is 0 Å². The lowest BCUT2D eigenvalue weighted by Crippen LogP contribution is -2.43. The largest absolute Gasteiger partial charge is 0.381 e. The van der Waals surface area contributed by atoms with Crippen LogP contribution in [0, 0.1) is 17.2 Å². The highest BCUT2D eigenvalue weighted by Crippen LogP contribution is 2.26. The van der Waals surface area contributed by atoms with Gasteiger partial charge in [0, 0.05) is 25.3 Å². The molecule has 2 atom stereocenters. The van der Waals surface area contributed by atoms with Crippen LogP contribution in [0.25, 0.3) is 0 Å². The second-order valence-electron chi connectivity index (χ2n) is 4.33. The Kier molecular flexibility index (Phi) is 3.39. The molecule has 0 aromatic heterocycles. The van der Waals surface area contributed by atoms with E-state index in [1.165, 1.54) is 12.8 Å². The summed E-state index contributed by atoms with van der Waals surface area (Å²) in [6.07, 6.45) is 5.68. The van der Waals surface area contributed by atoms with E-state index in [9.17, 15) is 0 Å². The smallest absolute Gasteiger partial charge is 0.0672 e. The van der Waals surface area contributed by atoms with Crippen molar-refractivity contribution in [2.45, 2.75) is 44.2 Å². The highest BCUT2D eigenvalue weighted by molar-refractivity contribution is 4.97. The van der Waals surface area contributed by atoms with Gasteiger partial charge < -0.3 is 10.1 Å². The van der Waals surface area contributed by atoms with E-state index in [0.29, 0.717) is 12.1 Å². The lowest BCUT2D eigenvalue weighted by atomic mass is 10.0. The SMILES string of the molecule is N#CC1CCCC1NC1CCOCC1. The molecule has 14 heavy (non-hydrogen) atoms. The zero-order valence-corrected chi connectivity index (χ0v) is 8.54. The summed E-state index contributed by atoms with van der Waals surface area (Å²) in [6.45, 7) is 1.75. The van der Waals surface area contributed by atoms with Crippen LogP contribution >= 0.6 is 0 Å². The van der Waals surface area contributed by atoms with Crippen LogP contribution in [0.2, 0.25) is 0 Å². The average Bonchev–Trinajstić information content (AvgIpc) is 2.67. The minimum absolute atomic E-state index is 0.248. The summed E-state index contributed by atoms with van der Waals surface area (Å²) in [5.41, 5.74) is 0. The molecule has 2 unspecified atom stereocenters. The first kappa shape index (κ1) is 9.95. The van der Waals surface area contributed by atoms with Crippen LogP contribution in [0.3, 0.4) is 0 Å². The second kappa shape index (κ2) is 4.77. The molecular formula is C11H18N2O. The summed E-state index contributed by atoms with van der Waals surface area (Å²) in [5, 5.41) is 12.6. The van der Waals surface area contributed by atoms with Gasteiger partial charge in [-0.05, 0) is 25.7 Å². The van der Waals surface area contributed by atoms with Crippen LogP contribution < -0.4 is 5.32 Å². The number of nitrogens with zero attached hydrogens (tertiary/aromatic N) is 1. The number of nitriles is 1. The standard InChI is InChI=1S/C11H18N2O/c12-8-9-2-1-3-11(9)13-10-4-6-14-7-5-10/h9-11,13H,1-7H2. The number of hydrogen-bond acceptors (Lipinski definition) is 3. The lowest BCUT2D eigenvalue weighted by Gasteiger charge is -2.27. The van der Waals surface area contributed by atoms with Crippen molar-refractivity contribution in [1.82, 2.24) is 5.32 Å². The highest BCUT2D eigenvalue weighted by Gasteiger charge is 2.29. The Morgan fingerprint density at radius 3 is 2.64 bits per heavy atom. The Bertz CT molecular complexity index is 218. The molecule has 0 aromatic rings. The van der Waals surface area contributed by atoms with Gasteiger partial charge in [-0.25, -0.2) is 0 Å². The van der Waals surface area contributed by atoms with Crippen LogP contribution in [-0.4, -0.2) is 25.3 Å². The molecule has 0 aromatic carbocycles. The van der Waals surface area contributed by atoms with Gasteiger partial charge >= 0.3 is 0 Å². The van der Waals surface area contributed by atoms with Gasteiger partial charge in [-0.3, -0.25) is 0 Å². The molecule has 78 valence electrons. The first-order valence-corrected chi connectivity index (χ1v) is 5.63. The number of rotatable bonds is 2. The highest BCUT2D eigenvalue weighted by atomic mass is 16.5. The minimum Gasteiger partial charge on any atom is -0.381 e. The summed E-state index contributed by atoms with van der Waals surface area (Å²) in [7, 11) is 0. The normalized spacial score (nSPS) is 34.2. The average molecular weight is 194 g/mol. The zero-order valence-electron chi connectivity index (χ0n) is 8.54. The van der Waals surface area contributed by atoms with Gasteiger partial charge in [0.15, 0.2) is 0 Å². The fraction of sp³-hybridized carbons (Fsp3) is 0.909. The quantitative estimate of drug-likeness (QED) is 0.723. The molecule has 0 bridgehead atoms. The lowest BCUT2D eigenvalue weighted by molar-refractivity contribution is 0.0741. The Labute approximate surface area is 85.4 Å². The maximum atomic E-state index is 8.95. The van der Waals surface area contributed by atoms with E-state index in [1.54, 1.807) is 0 Å². The van der Waals surface area contributed by atoms with Crippen LogP contribution in [-0.2, 0) is 4.74 Å². The molecule has 0 spiro atoms. The Morgan fingerprint density at radius 2 is 1.93 bits per heavy atom. The second-order valence-corrected chi connectivity index (χ2v) is 4.33. The first-order chi connectivity index (χ1) is 6.90. The van der Waals surface area contributed by atoms with Gasteiger partial charge in [-0.15, -0.1) is 0 Å². The summed E-state index contributed by atoms with van der Waals surface area (Å²) < 4.78 is 5.31. The van der Waals surface area contributed by atoms with Crippen LogP contribution in [0.1, 0.15) is 32.1 Å². The third-order valence-corrected chi connectivity index (χ3v) is 3.35. The topological polar surface area (TPSA) is 45.0 Å². The van der Waals surface area contributed by atoms with Crippen LogP contribution in [0.15, 0.2) is 0 Å². The summed E-state index contributed by atoms with van der Waals surface area (Å²) >= 11 is 0. The van der Waals surface area contributed by atoms with Gasteiger partial charge in [0.25, 0.3) is 0 Å². The van der Waals surface area contributed by atoms with E-state index in [2.05, 4.69) is 11.4 Å². The molecule has 2 aliphatic rings. The fourth-order valence-corrected chi connectivity index (χ4v) is 2.48. The van der Waals surface area contributed by atoms with Crippen molar-refractivity contribution in [2.75, 3.05) is 13.2 Å². The monoisotopic (exact) mass is 194 g/mol. The van der Waals surface area contributed by atoms with Gasteiger partial charge in [0.2, 0.25) is 0 Å². The zero-order chi connectivity index (χ0) is 9.80. The van der Waals surface area contributed by atoms with E-state index in [1.807, 2.05) is 0 Å². The maximum absolute atomic E-state index is 8.95. The molecule has 1 aliphatic carbocycles. The fourth-order valence-electron chi connectivity index (χ4n) is 2.48. The molecule has 1 N–H and O–H groups in total. The van der Waals surface area contributed by atoms with Crippen molar-refractivity contribution < 1.29 is 4.74 Å². The molecule has 3 nitrogen and oxygen atoms in total. The van der Waals surface area contributed by atoms with Gasteiger partial charge in [-0.2, -0.15) is 5.26 Å². The van der Waals surface area contributed by atoms with Crippen molar-refractivity contribution in [3.8, 4) is 6.07 Å². The molecule has 3 heteroatoms. The summed E-state index contributed by atoms with van der Waals surface area (Å²) in [4.78, 5) is 0. The Balaban J connectivity index is 1.81. The third kappa shape index (κ3) is 2.26. The van der Waals surface area contributed by atoms with E-state index < -0.39 is 0 Å².